The van der Waals surface area contributed by atoms with Gasteiger partial charge in [-0.2, -0.15) is 13.2 Å². The number of amides is 2. The van der Waals surface area contributed by atoms with Crippen molar-refractivity contribution in [2.75, 3.05) is 24.2 Å². The van der Waals surface area contributed by atoms with Gasteiger partial charge in [-0.15, -0.1) is 0 Å². The van der Waals surface area contributed by atoms with Gasteiger partial charge in [0.15, 0.2) is 0 Å². The second kappa shape index (κ2) is 8.83. The molecule has 0 radical (unpaired) electrons. The van der Waals surface area contributed by atoms with E-state index in [-0.39, 0.29) is 17.9 Å². The summed E-state index contributed by atoms with van der Waals surface area (Å²) in [5.74, 6) is -1.54. The van der Waals surface area contributed by atoms with Gasteiger partial charge in [-0.1, -0.05) is 12.1 Å². The molecular weight excluding hydrogens is 378 g/mol. The van der Waals surface area contributed by atoms with Gasteiger partial charge in [0.1, 0.15) is 5.82 Å². The van der Waals surface area contributed by atoms with Gasteiger partial charge in [-0.25, -0.2) is 4.39 Å². The maximum absolute atomic E-state index is 13.1. The van der Waals surface area contributed by atoms with E-state index in [1.165, 1.54) is 49.2 Å². The third kappa shape index (κ3) is 6.05. The van der Waals surface area contributed by atoms with Crippen LogP contribution >= 0.6 is 0 Å². The molecule has 2 aromatic carbocycles. The number of hydrogen-bond donors (Lipinski definition) is 2. The minimum absolute atomic E-state index is 0.00397. The van der Waals surface area contributed by atoms with Crippen LogP contribution in [0, 0.1) is 5.82 Å². The molecule has 2 amide bonds. The number of alkyl halides is 3. The Bertz CT molecular complexity index is 855. The first-order chi connectivity index (χ1) is 13.1. The zero-order valence-corrected chi connectivity index (χ0v) is 15.2. The number of carbonyl (C=O) groups excluding carboxylic acids is 2. The van der Waals surface area contributed by atoms with Crippen LogP contribution in [0.25, 0.3) is 0 Å². The summed E-state index contributed by atoms with van der Waals surface area (Å²) in [7, 11) is 1.52. The Balaban J connectivity index is 1.94. The molecule has 0 aliphatic heterocycles. The van der Waals surface area contributed by atoms with Crippen LogP contribution in [0.15, 0.2) is 48.5 Å². The Morgan fingerprint density at radius 2 is 1.64 bits per heavy atom. The van der Waals surface area contributed by atoms with Crippen molar-refractivity contribution in [1.29, 1.82) is 0 Å². The smallest absolute Gasteiger partial charge is 0.325 e. The lowest BCUT2D eigenvalue weighted by Crippen LogP contribution is -2.43. The van der Waals surface area contributed by atoms with Crippen molar-refractivity contribution in [3.63, 3.8) is 0 Å². The standard InChI is InChI=1S/C19H19F4N3O2/c1-12(18(28)25-15-7-3-5-13(9-15)19(21,22)23)26(2)11-17(27)24-16-8-4-6-14(20)10-16/h3-10,12H,11H2,1-2H3,(H,24,27)(H,25,28)/t12-/m0/s1. The van der Waals surface area contributed by atoms with Crippen molar-refractivity contribution in [2.45, 2.75) is 19.1 Å². The summed E-state index contributed by atoms with van der Waals surface area (Å²) < 4.78 is 51.4. The zero-order valence-electron chi connectivity index (χ0n) is 15.2. The highest BCUT2D eigenvalue weighted by Gasteiger charge is 2.30. The predicted octanol–water partition coefficient (Wildman–Crippen LogP) is 3.74. The van der Waals surface area contributed by atoms with Crippen molar-refractivity contribution in [3.8, 4) is 0 Å². The molecule has 0 bridgehead atoms. The molecule has 0 unspecified atom stereocenters. The van der Waals surface area contributed by atoms with E-state index >= 15 is 0 Å². The third-order valence-electron chi connectivity index (χ3n) is 4.00. The summed E-state index contributed by atoms with van der Waals surface area (Å²) in [6, 6.07) is 8.83. The maximum atomic E-state index is 13.1. The van der Waals surface area contributed by atoms with E-state index in [0.29, 0.717) is 0 Å². The fourth-order valence-corrected chi connectivity index (χ4v) is 2.35. The van der Waals surface area contributed by atoms with Crippen molar-refractivity contribution in [1.82, 2.24) is 4.90 Å². The first-order valence-electron chi connectivity index (χ1n) is 8.30. The van der Waals surface area contributed by atoms with Crippen LogP contribution < -0.4 is 10.6 Å². The summed E-state index contributed by atoms with van der Waals surface area (Å²) in [5, 5.41) is 4.91. The minimum Gasteiger partial charge on any atom is -0.325 e. The molecule has 5 nitrogen and oxygen atoms in total. The highest BCUT2D eigenvalue weighted by Crippen LogP contribution is 2.30. The van der Waals surface area contributed by atoms with Crippen LogP contribution in [-0.4, -0.2) is 36.3 Å². The van der Waals surface area contributed by atoms with Crippen molar-refractivity contribution in [2.24, 2.45) is 0 Å². The highest BCUT2D eigenvalue weighted by atomic mass is 19.4. The van der Waals surface area contributed by atoms with Crippen molar-refractivity contribution >= 4 is 23.2 Å². The molecule has 2 N–H and O–H groups in total. The fraction of sp³-hybridized carbons (Fsp3) is 0.263. The van der Waals surface area contributed by atoms with Crippen LogP contribution in [-0.2, 0) is 15.8 Å². The normalized spacial score (nSPS) is 12.5. The Morgan fingerprint density at radius 3 is 2.25 bits per heavy atom. The third-order valence-corrected chi connectivity index (χ3v) is 4.00. The molecule has 0 aliphatic rings. The van der Waals surface area contributed by atoms with E-state index in [2.05, 4.69) is 10.6 Å². The summed E-state index contributed by atoms with van der Waals surface area (Å²) >= 11 is 0. The number of likely N-dealkylation sites (N-methyl/N-ethyl adjacent to an activating group) is 1. The monoisotopic (exact) mass is 397 g/mol. The topological polar surface area (TPSA) is 61.4 Å². The van der Waals surface area contributed by atoms with Gasteiger partial charge in [-0.3, -0.25) is 14.5 Å². The molecule has 0 aliphatic carbocycles. The van der Waals surface area contributed by atoms with Crippen molar-refractivity contribution in [3.05, 3.63) is 59.9 Å². The second-order valence-electron chi connectivity index (χ2n) is 6.22. The predicted molar refractivity (Wildman–Crippen MR) is 97.2 cm³/mol. The maximum Gasteiger partial charge on any atom is 0.416 e. The molecule has 2 rings (SSSR count). The van der Waals surface area contributed by atoms with E-state index in [1.54, 1.807) is 0 Å². The highest BCUT2D eigenvalue weighted by molar-refractivity contribution is 5.96. The Morgan fingerprint density at radius 1 is 1.04 bits per heavy atom. The van der Waals surface area contributed by atoms with E-state index < -0.39 is 35.4 Å². The summed E-state index contributed by atoms with van der Waals surface area (Å²) in [4.78, 5) is 25.7. The Hall–Kier alpha value is -2.94. The van der Waals surface area contributed by atoms with E-state index in [0.717, 1.165) is 18.2 Å². The Labute approximate surface area is 159 Å². The SMILES string of the molecule is C[C@@H](C(=O)Nc1cccc(C(F)(F)F)c1)N(C)CC(=O)Nc1cccc(F)c1. The summed E-state index contributed by atoms with van der Waals surface area (Å²) in [5.41, 5.74) is -0.593. The molecule has 9 heteroatoms. The number of benzene rings is 2. The lowest BCUT2D eigenvalue weighted by molar-refractivity contribution is -0.137. The summed E-state index contributed by atoms with van der Waals surface area (Å²) in [6.45, 7) is 1.34. The molecular formula is C19H19F4N3O2. The Kier molecular flexibility index (Phi) is 6.74. The van der Waals surface area contributed by atoms with Gasteiger partial charge < -0.3 is 10.6 Å². The molecule has 1 atom stereocenters. The second-order valence-corrected chi connectivity index (χ2v) is 6.22. The average molecular weight is 397 g/mol. The molecule has 150 valence electrons. The first-order valence-corrected chi connectivity index (χ1v) is 8.30. The van der Waals surface area contributed by atoms with E-state index in [9.17, 15) is 27.2 Å². The molecule has 0 fully saturated rings. The minimum atomic E-state index is -4.52. The number of rotatable bonds is 6. The lowest BCUT2D eigenvalue weighted by Gasteiger charge is -2.23. The van der Waals surface area contributed by atoms with E-state index in [1.807, 2.05) is 0 Å². The molecule has 0 saturated carbocycles. The van der Waals surface area contributed by atoms with Crippen LogP contribution in [0.2, 0.25) is 0 Å². The van der Waals surface area contributed by atoms with Crippen LogP contribution in [0.3, 0.4) is 0 Å². The van der Waals surface area contributed by atoms with Crippen LogP contribution in [0.1, 0.15) is 12.5 Å². The molecule has 0 spiro atoms. The van der Waals surface area contributed by atoms with Gasteiger partial charge in [0.2, 0.25) is 11.8 Å². The number of nitrogens with zero attached hydrogens (tertiary/aromatic N) is 1. The van der Waals surface area contributed by atoms with Gasteiger partial charge in [-0.05, 0) is 50.4 Å². The van der Waals surface area contributed by atoms with Gasteiger partial charge in [0.25, 0.3) is 0 Å². The number of carbonyl (C=O) groups is 2. The molecule has 0 saturated heterocycles. The molecule has 28 heavy (non-hydrogen) atoms. The average Bonchev–Trinajstić information content (AvgIpc) is 2.60. The fourth-order valence-electron chi connectivity index (χ4n) is 2.35. The van der Waals surface area contributed by atoms with Gasteiger partial charge in [0.05, 0.1) is 18.2 Å². The van der Waals surface area contributed by atoms with Gasteiger partial charge >= 0.3 is 6.18 Å². The van der Waals surface area contributed by atoms with Crippen LogP contribution in [0.5, 0.6) is 0 Å². The molecule has 0 aromatic heterocycles. The number of halogens is 4. The van der Waals surface area contributed by atoms with Gasteiger partial charge in [0, 0.05) is 11.4 Å². The zero-order chi connectivity index (χ0) is 20.9. The lowest BCUT2D eigenvalue weighted by atomic mass is 10.2. The molecule has 0 heterocycles. The number of anilines is 2. The summed E-state index contributed by atoms with van der Waals surface area (Å²) in [6.07, 6.45) is -4.52. The van der Waals surface area contributed by atoms with E-state index in [4.69, 9.17) is 0 Å². The largest absolute Gasteiger partial charge is 0.416 e. The van der Waals surface area contributed by atoms with Crippen molar-refractivity contribution < 1.29 is 27.2 Å². The quantitative estimate of drug-likeness (QED) is 0.730. The number of hydrogen-bond acceptors (Lipinski definition) is 3. The number of nitrogens with one attached hydrogen (secondary N) is 2. The molecule has 2 aromatic rings. The first kappa shape index (κ1) is 21.4. The van der Waals surface area contributed by atoms with Crippen LogP contribution in [0.4, 0.5) is 28.9 Å².